The molecule has 4 rings (SSSR count). The fraction of sp³-hybridized carbons (Fsp3) is 0.619. The van der Waals surface area contributed by atoms with Gasteiger partial charge in [-0.05, 0) is 43.5 Å². The van der Waals surface area contributed by atoms with Gasteiger partial charge >= 0.3 is 0 Å². The van der Waals surface area contributed by atoms with E-state index in [0.29, 0.717) is 56.8 Å². The summed E-state index contributed by atoms with van der Waals surface area (Å²) >= 11 is 0. The van der Waals surface area contributed by atoms with E-state index >= 15 is 0 Å². The molecule has 164 valence electrons. The molecule has 0 aliphatic carbocycles. The first kappa shape index (κ1) is 21.1. The van der Waals surface area contributed by atoms with Crippen LogP contribution in [0.5, 0.6) is 5.75 Å². The summed E-state index contributed by atoms with van der Waals surface area (Å²) in [4.78, 5) is 29.7. The van der Waals surface area contributed by atoms with Crippen molar-refractivity contribution in [2.75, 3.05) is 53.1 Å². The molecule has 3 heterocycles. The van der Waals surface area contributed by atoms with Gasteiger partial charge < -0.3 is 14.5 Å². The minimum Gasteiger partial charge on any atom is -0.497 e. The normalized spacial score (nSPS) is 26.7. The lowest BCUT2D eigenvalue weighted by Gasteiger charge is -2.46. The Kier molecular flexibility index (Phi) is 5.09. The molecule has 1 aromatic carbocycles. The summed E-state index contributed by atoms with van der Waals surface area (Å²) in [7, 11) is -0.0204. The number of hydrogen-bond donors (Lipinski definition) is 0. The molecule has 0 saturated carbocycles. The molecule has 0 N–H and O–H groups in total. The van der Waals surface area contributed by atoms with Crippen LogP contribution >= 0.6 is 0 Å². The topological polar surface area (TPSA) is 87.2 Å². The van der Waals surface area contributed by atoms with Crippen molar-refractivity contribution in [3.8, 4) is 5.75 Å². The quantitative estimate of drug-likeness (QED) is 0.708. The molecular formula is C21H29N3O5S. The van der Waals surface area contributed by atoms with Gasteiger partial charge in [0.25, 0.3) is 5.91 Å². The van der Waals surface area contributed by atoms with Gasteiger partial charge in [-0.2, -0.15) is 0 Å². The molecule has 1 atom stereocenters. The zero-order valence-corrected chi connectivity index (χ0v) is 18.6. The van der Waals surface area contributed by atoms with E-state index in [1.165, 1.54) is 10.6 Å². The highest BCUT2D eigenvalue weighted by Gasteiger charge is 2.66. The van der Waals surface area contributed by atoms with Crippen molar-refractivity contribution in [2.24, 2.45) is 10.8 Å². The minimum absolute atomic E-state index is 0.0450. The zero-order chi connectivity index (χ0) is 21.7. The largest absolute Gasteiger partial charge is 0.497 e. The molecule has 0 bridgehead atoms. The average molecular weight is 436 g/mol. The molecule has 3 aliphatic heterocycles. The lowest BCUT2D eigenvalue weighted by Crippen LogP contribution is -2.53. The Labute approximate surface area is 177 Å². The number of sulfonamides is 1. The van der Waals surface area contributed by atoms with E-state index in [9.17, 15) is 18.0 Å². The Balaban J connectivity index is 1.56. The molecule has 3 saturated heterocycles. The number of carbonyl (C=O) groups is 2. The van der Waals surface area contributed by atoms with Crippen LogP contribution < -0.4 is 4.74 Å². The van der Waals surface area contributed by atoms with Crippen LogP contribution in [0.3, 0.4) is 0 Å². The molecule has 8 nitrogen and oxygen atoms in total. The number of carbonyl (C=O) groups excluding carboxylic acids is 2. The lowest BCUT2D eigenvalue weighted by molar-refractivity contribution is -0.141. The number of methoxy groups -OCH3 is 1. The number of hydrogen-bond acceptors (Lipinski definition) is 5. The van der Waals surface area contributed by atoms with Crippen molar-refractivity contribution in [3.63, 3.8) is 0 Å². The molecule has 30 heavy (non-hydrogen) atoms. The average Bonchev–Trinajstić information content (AvgIpc) is 3.21. The molecule has 0 radical (unpaired) electrons. The molecule has 0 unspecified atom stereocenters. The van der Waals surface area contributed by atoms with Crippen molar-refractivity contribution in [1.29, 1.82) is 0 Å². The van der Waals surface area contributed by atoms with Crippen LogP contribution in [-0.4, -0.2) is 87.5 Å². The van der Waals surface area contributed by atoms with E-state index in [2.05, 4.69) is 0 Å². The number of rotatable bonds is 3. The molecular weight excluding hydrogens is 406 g/mol. The van der Waals surface area contributed by atoms with Gasteiger partial charge in [0.1, 0.15) is 5.75 Å². The maximum atomic E-state index is 13.2. The SMILES string of the molecule is COc1ccc(C(=O)N2CCC3(CC2)CN(S(C)(=O)=O)C[C@@]32CCN(C)C2=O)cc1. The Morgan fingerprint density at radius 2 is 1.67 bits per heavy atom. The Morgan fingerprint density at radius 1 is 1.03 bits per heavy atom. The Hall–Kier alpha value is -2.13. The van der Waals surface area contributed by atoms with E-state index in [-0.39, 0.29) is 18.4 Å². The maximum absolute atomic E-state index is 13.2. The molecule has 3 fully saturated rings. The molecule has 1 aromatic rings. The number of amides is 2. The van der Waals surface area contributed by atoms with E-state index < -0.39 is 20.9 Å². The van der Waals surface area contributed by atoms with Gasteiger partial charge in [0.2, 0.25) is 15.9 Å². The third-order valence-corrected chi connectivity index (χ3v) is 8.58. The van der Waals surface area contributed by atoms with Gasteiger partial charge in [-0.3, -0.25) is 9.59 Å². The van der Waals surface area contributed by atoms with Gasteiger partial charge in [0, 0.05) is 50.7 Å². The Bertz CT molecular complexity index is 953. The van der Waals surface area contributed by atoms with Crippen LogP contribution in [0.1, 0.15) is 29.6 Å². The van der Waals surface area contributed by atoms with Crippen molar-refractivity contribution in [3.05, 3.63) is 29.8 Å². The van der Waals surface area contributed by atoms with E-state index in [1.54, 1.807) is 43.3 Å². The van der Waals surface area contributed by atoms with E-state index in [0.717, 1.165) is 0 Å². The highest BCUT2D eigenvalue weighted by atomic mass is 32.2. The van der Waals surface area contributed by atoms with Crippen molar-refractivity contribution in [1.82, 2.24) is 14.1 Å². The molecule has 2 spiro atoms. The number of nitrogens with zero attached hydrogens (tertiary/aromatic N) is 3. The molecule has 0 aromatic heterocycles. The summed E-state index contributed by atoms with van der Waals surface area (Å²) in [6.07, 6.45) is 3.13. The van der Waals surface area contributed by atoms with Crippen molar-refractivity contribution >= 4 is 21.8 Å². The van der Waals surface area contributed by atoms with Gasteiger partial charge in [-0.25, -0.2) is 12.7 Å². The van der Waals surface area contributed by atoms with Crippen LogP contribution in [0.25, 0.3) is 0 Å². The smallest absolute Gasteiger partial charge is 0.253 e. The van der Waals surface area contributed by atoms with Crippen LogP contribution in [0.4, 0.5) is 0 Å². The summed E-state index contributed by atoms with van der Waals surface area (Å²) in [5.41, 5.74) is -0.503. The fourth-order valence-electron chi connectivity index (χ4n) is 5.51. The summed E-state index contributed by atoms with van der Waals surface area (Å²) in [5, 5.41) is 0. The second-order valence-corrected chi connectivity index (χ2v) is 10.9. The van der Waals surface area contributed by atoms with E-state index in [4.69, 9.17) is 4.74 Å². The number of ether oxygens (including phenoxy) is 1. The number of piperidine rings is 1. The molecule has 2 amide bonds. The number of fused-ring (bicyclic) bond motifs is 1. The van der Waals surface area contributed by atoms with E-state index in [1.807, 2.05) is 4.90 Å². The second kappa shape index (κ2) is 7.23. The number of benzene rings is 1. The predicted molar refractivity (Wildman–Crippen MR) is 112 cm³/mol. The Morgan fingerprint density at radius 3 is 2.17 bits per heavy atom. The molecule has 3 aliphatic rings. The van der Waals surface area contributed by atoms with Gasteiger partial charge in [-0.15, -0.1) is 0 Å². The van der Waals surface area contributed by atoms with Gasteiger partial charge in [-0.1, -0.05) is 0 Å². The third-order valence-electron chi connectivity index (χ3n) is 7.38. The monoisotopic (exact) mass is 435 g/mol. The van der Waals surface area contributed by atoms with Gasteiger partial charge in [0.15, 0.2) is 0 Å². The maximum Gasteiger partial charge on any atom is 0.253 e. The summed E-state index contributed by atoms with van der Waals surface area (Å²) in [6, 6.07) is 7.04. The first-order valence-electron chi connectivity index (χ1n) is 10.3. The van der Waals surface area contributed by atoms with Crippen LogP contribution in [-0.2, 0) is 14.8 Å². The highest BCUT2D eigenvalue weighted by molar-refractivity contribution is 7.88. The van der Waals surface area contributed by atoms with Crippen LogP contribution in [0.2, 0.25) is 0 Å². The van der Waals surface area contributed by atoms with Crippen LogP contribution in [0, 0.1) is 10.8 Å². The highest BCUT2D eigenvalue weighted by Crippen LogP contribution is 2.58. The zero-order valence-electron chi connectivity index (χ0n) is 17.8. The lowest BCUT2D eigenvalue weighted by atomic mass is 9.60. The minimum atomic E-state index is -3.39. The summed E-state index contributed by atoms with van der Waals surface area (Å²) < 4.78 is 31.3. The van der Waals surface area contributed by atoms with Crippen molar-refractivity contribution < 1.29 is 22.7 Å². The predicted octanol–water partition coefficient (Wildman–Crippen LogP) is 1.04. The first-order valence-corrected chi connectivity index (χ1v) is 12.1. The standard InChI is InChI=1S/C21H29N3O5S/c1-22-11-10-21(19(22)26)15-24(30(3,27)28)14-20(21)8-12-23(13-9-20)18(25)16-4-6-17(29-2)7-5-16/h4-7H,8-15H2,1-3H3/t21-/m1/s1. The summed E-state index contributed by atoms with van der Waals surface area (Å²) in [5.74, 6) is 0.694. The van der Waals surface area contributed by atoms with Gasteiger partial charge in [0.05, 0.1) is 18.8 Å². The second-order valence-electron chi connectivity index (χ2n) is 8.89. The van der Waals surface area contributed by atoms with Crippen LogP contribution in [0.15, 0.2) is 24.3 Å². The summed E-state index contributed by atoms with van der Waals surface area (Å²) in [6.45, 7) is 2.28. The van der Waals surface area contributed by atoms with Crippen molar-refractivity contribution in [2.45, 2.75) is 19.3 Å². The fourth-order valence-corrected chi connectivity index (χ4v) is 6.45. The molecule has 9 heteroatoms. The first-order chi connectivity index (χ1) is 14.1. The number of likely N-dealkylation sites (tertiary alicyclic amines) is 2. The third kappa shape index (κ3) is 3.19.